The number of ether oxygens (including phenoxy) is 1. The molecule has 0 spiro atoms. The van der Waals surface area contributed by atoms with E-state index in [2.05, 4.69) is 40.0 Å². The lowest BCUT2D eigenvalue weighted by Crippen LogP contribution is -2.36. The first kappa shape index (κ1) is 23.5. The third-order valence-electron chi connectivity index (χ3n) is 4.35. The number of hydrogen-bond acceptors (Lipinski definition) is 6. The molecule has 1 atom stereocenters. The van der Waals surface area contributed by atoms with Crippen LogP contribution in [0, 0.1) is 0 Å². The maximum absolute atomic E-state index is 10.6. The van der Waals surface area contributed by atoms with Crippen LogP contribution in [0.15, 0.2) is 25.0 Å². The van der Waals surface area contributed by atoms with E-state index in [0.29, 0.717) is 13.2 Å². The van der Waals surface area contributed by atoms with Crippen LogP contribution < -0.4 is 0 Å². The molecule has 0 radical (unpaired) electrons. The van der Waals surface area contributed by atoms with Gasteiger partial charge >= 0.3 is 12.1 Å². The second-order valence-electron chi connectivity index (χ2n) is 6.75. The summed E-state index contributed by atoms with van der Waals surface area (Å²) in [5.74, 6) is -2.47. The molecule has 1 aliphatic rings. The summed E-state index contributed by atoms with van der Waals surface area (Å²) in [5, 5.41) is 20.0. The smallest absolute Gasteiger partial charge is 0.475 e. The van der Waals surface area contributed by atoms with Crippen molar-refractivity contribution < 1.29 is 27.8 Å². The van der Waals surface area contributed by atoms with E-state index in [9.17, 15) is 13.2 Å². The molecule has 12 heteroatoms. The Hall–Kier alpha value is -2.73. The van der Waals surface area contributed by atoms with Crippen molar-refractivity contribution >= 4 is 5.97 Å². The predicted molar refractivity (Wildman–Crippen MR) is 100 cm³/mol. The largest absolute Gasteiger partial charge is 0.490 e. The van der Waals surface area contributed by atoms with Gasteiger partial charge in [-0.1, -0.05) is 11.3 Å². The average Bonchev–Trinajstić information content (AvgIpc) is 3.27. The van der Waals surface area contributed by atoms with Gasteiger partial charge in [-0.15, -0.1) is 11.7 Å². The van der Waals surface area contributed by atoms with E-state index in [-0.39, 0.29) is 5.92 Å². The van der Waals surface area contributed by atoms with Crippen molar-refractivity contribution in [3.8, 4) is 0 Å². The third kappa shape index (κ3) is 6.39. The number of alkyl halides is 3. The van der Waals surface area contributed by atoms with Crippen molar-refractivity contribution in [3.63, 3.8) is 0 Å². The Morgan fingerprint density at radius 2 is 2.17 bits per heavy atom. The highest BCUT2D eigenvalue weighted by Gasteiger charge is 2.38. The number of fused-ring (bicyclic) bond motifs is 1. The van der Waals surface area contributed by atoms with Gasteiger partial charge in [-0.05, 0) is 6.92 Å². The highest BCUT2D eigenvalue weighted by Crippen LogP contribution is 2.28. The van der Waals surface area contributed by atoms with Crippen LogP contribution in [0.25, 0.3) is 0 Å². The molecule has 9 nitrogen and oxygen atoms in total. The fraction of sp³-hybridized carbons (Fsp3) is 0.556. The number of aromatic nitrogens is 5. The first-order valence-electron chi connectivity index (χ1n) is 9.26. The second kappa shape index (κ2) is 10.3. The van der Waals surface area contributed by atoms with E-state index in [1.165, 1.54) is 11.3 Å². The van der Waals surface area contributed by atoms with Gasteiger partial charge in [0.1, 0.15) is 5.69 Å². The van der Waals surface area contributed by atoms with E-state index >= 15 is 0 Å². The Balaban J connectivity index is 0.000000396. The van der Waals surface area contributed by atoms with Gasteiger partial charge in [-0.2, -0.15) is 18.3 Å². The average molecular weight is 430 g/mol. The van der Waals surface area contributed by atoms with Crippen LogP contribution in [0.2, 0.25) is 0 Å². The monoisotopic (exact) mass is 430 g/mol. The fourth-order valence-electron chi connectivity index (χ4n) is 3.18. The lowest BCUT2D eigenvalue weighted by atomic mass is 9.98. The van der Waals surface area contributed by atoms with Crippen LogP contribution in [-0.2, 0) is 36.2 Å². The van der Waals surface area contributed by atoms with Gasteiger partial charge in [0, 0.05) is 50.9 Å². The van der Waals surface area contributed by atoms with Crippen LogP contribution in [0.5, 0.6) is 0 Å². The summed E-state index contributed by atoms with van der Waals surface area (Å²) in [7, 11) is 1.94. The van der Waals surface area contributed by atoms with Gasteiger partial charge in [-0.25, -0.2) is 9.48 Å². The minimum atomic E-state index is -5.08. The zero-order chi connectivity index (χ0) is 22.3. The molecule has 0 amide bonds. The number of carbonyl (C=O) groups is 1. The molecule has 1 N–H and O–H groups in total. The highest BCUT2D eigenvalue weighted by atomic mass is 19.4. The van der Waals surface area contributed by atoms with Crippen molar-refractivity contribution in [2.45, 2.75) is 38.7 Å². The Labute approximate surface area is 171 Å². The number of aryl methyl sites for hydroxylation is 2. The van der Waals surface area contributed by atoms with Gasteiger partial charge in [0.05, 0.1) is 25.1 Å². The molecule has 1 unspecified atom stereocenters. The molecule has 0 fully saturated rings. The number of halogens is 3. The first-order chi connectivity index (χ1) is 14.2. The predicted octanol–water partition coefficient (Wildman–Crippen LogP) is 1.97. The van der Waals surface area contributed by atoms with Crippen molar-refractivity contribution in [1.29, 1.82) is 0 Å². The highest BCUT2D eigenvalue weighted by molar-refractivity contribution is 5.73. The van der Waals surface area contributed by atoms with E-state index < -0.39 is 12.1 Å². The molecule has 0 bridgehead atoms. The molecule has 30 heavy (non-hydrogen) atoms. The number of carboxylic acids is 1. The van der Waals surface area contributed by atoms with Gasteiger partial charge in [-0.3, -0.25) is 9.58 Å². The van der Waals surface area contributed by atoms with Gasteiger partial charge < -0.3 is 9.84 Å². The summed E-state index contributed by atoms with van der Waals surface area (Å²) in [6, 6.07) is 0. The molecule has 0 saturated carbocycles. The molecular weight excluding hydrogens is 405 g/mol. The molecule has 3 heterocycles. The van der Waals surface area contributed by atoms with Gasteiger partial charge in [0.25, 0.3) is 0 Å². The second-order valence-corrected chi connectivity index (χ2v) is 6.75. The minimum absolute atomic E-state index is 0.283. The summed E-state index contributed by atoms with van der Waals surface area (Å²) in [4.78, 5) is 11.3. The summed E-state index contributed by atoms with van der Waals surface area (Å²) >= 11 is 0. The number of rotatable bonds is 7. The quantitative estimate of drug-likeness (QED) is 0.530. The summed E-state index contributed by atoms with van der Waals surface area (Å²) in [5.41, 5.74) is 3.50. The van der Waals surface area contributed by atoms with Crippen LogP contribution >= 0.6 is 0 Å². The normalized spacial score (nSPS) is 16.5. The summed E-state index contributed by atoms with van der Waals surface area (Å²) in [6.07, 6.45) is 0.676. The fourth-order valence-corrected chi connectivity index (χ4v) is 3.18. The number of carboxylic acid groups (broad SMARTS) is 1. The zero-order valence-corrected chi connectivity index (χ0v) is 16.8. The molecule has 0 aliphatic carbocycles. The molecule has 2 aromatic rings. The van der Waals surface area contributed by atoms with E-state index in [1.807, 2.05) is 22.6 Å². The molecule has 1 aliphatic heterocycles. The molecule has 0 aromatic carbocycles. The molecule has 0 saturated heterocycles. The standard InChI is InChI=1S/C16H24N6O.C2HF3O2/c1-4-6-23-12-14-10-21(9-13-7-17-20(3)8-13)11-15-16(14)22(5-2)19-18-15;3-2(4,5)1(6)7/h4,7-8,14H,1,5-6,9-12H2,2-3H3;(H,6,7). The topological polar surface area (TPSA) is 98.3 Å². The lowest BCUT2D eigenvalue weighted by Gasteiger charge is -2.32. The summed E-state index contributed by atoms with van der Waals surface area (Å²) in [6.45, 7) is 10.5. The zero-order valence-electron chi connectivity index (χ0n) is 16.8. The molecule has 166 valence electrons. The maximum atomic E-state index is 10.6. The van der Waals surface area contributed by atoms with Crippen molar-refractivity contribution in [2.75, 3.05) is 19.8 Å². The lowest BCUT2D eigenvalue weighted by molar-refractivity contribution is -0.192. The Kier molecular flexibility index (Phi) is 8.12. The van der Waals surface area contributed by atoms with Crippen LogP contribution in [0.1, 0.15) is 29.8 Å². The van der Waals surface area contributed by atoms with Crippen molar-refractivity contribution in [2.24, 2.45) is 7.05 Å². The molecular formula is C18H25F3N6O3. The Bertz CT molecular complexity index is 849. The van der Waals surface area contributed by atoms with E-state index in [4.69, 9.17) is 14.6 Å². The number of hydrogen-bond donors (Lipinski definition) is 1. The van der Waals surface area contributed by atoms with Crippen molar-refractivity contribution in [3.05, 3.63) is 42.0 Å². The third-order valence-corrected chi connectivity index (χ3v) is 4.35. The summed E-state index contributed by atoms with van der Waals surface area (Å²) < 4.78 is 41.3. The Morgan fingerprint density at radius 1 is 1.47 bits per heavy atom. The SMILES string of the molecule is C=CCOCC1CN(Cc2cnn(C)c2)Cc2nnn(CC)c21.O=C(O)C(F)(F)F. The van der Waals surface area contributed by atoms with E-state index in [1.54, 1.807) is 6.08 Å². The van der Waals surface area contributed by atoms with Crippen molar-refractivity contribution in [1.82, 2.24) is 29.7 Å². The molecule has 2 aromatic heterocycles. The van der Waals surface area contributed by atoms with Crippen LogP contribution in [0.3, 0.4) is 0 Å². The molecule has 3 rings (SSSR count). The Morgan fingerprint density at radius 3 is 2.70 bits per heavy atom. The minimum Gasteiger partial charge on any atom is -0.475 e. The maximum Gasteiger partial charge on any atom is 0.490 e. The van der Waals surface area contributed by atoms with E-state index in [0.717, 1.165) is 31.9 Å². The van der Waals surface area contributed by atoms with Gasteiger partial charge in [0.15, 0.2) is 0 Å². The van der Waals surface area contributed by atoms with Crippen LogP contribution in [-0.4, -0.2) is 66.7 Å². The number of nitrogens with zero attached hydrogens (tertiary/aromatic N) is 6. The number of aliphatic carboxylic acids is 1. The first-order valence-corrected chi connectivity index (χ1v) is 9.26. The van der Waals surface area contributed by atoms with Gasteiger partial charge in [0.2, 0.25) is 0 Å². The van der Waals surface area contributed by atoms with Crippen LogP contribution in [0.4, 0.5) is 13.2 Å².